The average molecular weight is 1140 g/mol. The predicted molar refractivity (Wildman–Crippen MR) is 291 cm³/mol. The molecule has 0 unspecified atom stereocenters. The number of carbonyl (C=O) groups excluding carboxylic acids is 1. The van der Waals surface area contributed by atoms with Crippen LogP contribution in [-0.4, -0.2) is 101 Å². The molecule has 0 spiro atoms. The zero-order valence-corrected chi connectivity index (χ0v) is 43.7. The zero-order chi connectivity index (χ0) is 58.4. The molecule has 85 heavy (non-hydrogen) atoms. The molecule has 0 aliphatic heterocycles. The molecule has 0 radical (unpaired) electrons. The van der Waals surface area contributed by atoms with Crippen molar-refractivity contribution in [3.8, 4) is 74.8 Å². The summed E-state index contributed by atoms with van der Waals surface area (Å²) in [6.07, 6.45) is 10.1. The van der Waals surface area contributed by atoms with E-state index in [4.69, 9.17) is 18.8 Å². The molecule has 3 N–H and O–H groups in total. The van der Waals surface area contributed by atoms with Gasteiger partial charge in [0.25, 0.3) is 0 Å². The summed E-state index contributed by atoms with van der Waals surface area (Å²) in [4.78, 5) is 36.7. The maximum Gasteiger partial charge on any atom is 0.222 e. The lowest BCUT2D eigenvalue weighted by Gasteiger charge is -2.06. The lowest BCUT2D eigenvalue weighted by molar-refractivity contribution is -0.114. The number of amides is 1. The smallest absolute Gasteiger partial charge is 0.222 e. The number of rotatable bonds is 13. The molecular formula is C56H37F4N21O4. The number of nitrogens with zero attached hydrogens (tertiary/aromatic N) is 18. The van der Waals surface area contributed by atoms with Gasteiger partial charge in [-0.3, -0.25) is 29.0 Å². The highest BCUT2D eigenvalue weighted by molar-refractivity contribution is 5.97. The third-order valence-electron chi connectivity index (χ3n) is 12.6. The van der Waals surface area contributed by atoms with Gasteiger partial charge in [-0.1, -0.05) is 70.1 Å². The molecule has 25 nitrogen and oxygen atoms in total. The van der Waals surface area contributed by atoms with Crippen LogP contribution in [0.4, 0.5) is 23.4 Å². The molecule has 0 atom stereocenters. The number of nitrogens with one attached hydrogen (secondary N) is 3. The van der Waals surface area contributed by atoms with Crippen molar-refractivity contribution in [3.05, 3.63) is 198 Å². The number of fused-ring (bicyclic) bond motifs is 2. The molecular weight excluding hydrogens is 1110 g/mol. The number of H-pyrrole nitrogens is 2. The van der Waals surface area contributed by atoms with Crippen LogP contribution in [0.15, 0.2) is 166 Å². The van der Waals surface area contributed by atoms with Gasteiger partial charge in [-0.05, 0) is 36.4 Å². The van der Waals surface area contributed by atoms with Crippen molar-refractivity contribution in [1.29, 1.82) is 5.26 Å². The molecule has 29 heteroatoms. The van der Waals surface area contributed by atoms with Gasteiger partial charge in [0.2, 0.25) is 5.91 Å². The third-order valence-corrected chi connectivity index (χ3v) is 12.6. The summed E-state index contributed by atoms with van der Waals surface area (Å²) in [5.41, 5.74) is 6.85. The molecule has 0 bridgehead atoms. The summed E-state index contributed by atoms with van der Waals surface area (Å²) >= 11 is 0. The van der Waals surface area contributed by atoms with E-state index in [1.807, 2.05) is 0 Å². The molecule has 14 aromatic rings. The number of halogens is 4. The fraction of sp³-hybridized carbons (Fsp3) is 0.0714. The first-order chi connectivity index (χ1) is 41.5. The van der Waals surface area contributed by atoms with Crippen LogP contribution >= 0.6 is 0 Å². The summed E-state index contributed by atoms with van der Waals surface area (Å²) in [7, 11) is 0. The maximum absolute atomic E-state index is 14.2. The van der Waals surface area contributed by atoms with Gasteiger partial charge in [-0.2, -0.15) is 30.8 Å². The highest BCUT2D eigenvalue weighted by atomic mass is 19.1. The molecule has 11 heterocycles. The monoisotopic (exact) mass is 1140 g/mol. The van der Waals surface area contributed by atoms with E-state index in [-0.39, 0.29) is 54.5 Å². The lowest BCUT2D eigenvalue weighted by Crippen LogP contribution is -2.06. The number of carbonyl (C=O) groups is 1. The third kappa shape index (κ3) is 11.6. The van der Waals surface area contributed by atoms with Crippen LogP contribution in [-0.2, 0) is 24.4 Å². The second kappa shape index (κ2) is 23.5. The molecule has 1 amide bonds. The van der Waals surface area contributed by atoms with Crippen molar-refractivity contribution in [2.24, 2.45) is 0 Å². The van der Waals surface area contributed by atoms with Crippen LogP contribution in [0.25, 0.3) is 90.8 Å². The van der Waals surface area contributed by atoms with Crippen LogP contribution in [0, 0.1) is 34.6 Å². The molecule has 0 saturated heterocycles. The van der Waals surface area contributed by atoms with E-state index in [2.05, 4.69) is 86.4 Å². The summed E-state index contributed by atoms with van der Waals surface area (Å²) in [6.45, 7) is 1.94. The Morgan fingerprint density at radius 3 is 1.44 bits per heavy atom. The summed E-state index contributed by atoms with van der Waals surface area (Å²) in [5.74, 6) is -0.864. The van der Waals surface area contributed by atoms with Gasteiger partial charge in [0.1, 0.15) is 76.5 Å². The van der Waals surface area contributed by atoms with E-state index < -0.39 is 5.82 Å². The minimum atomic E-state index is -0.816. The molecule has 0 fully saturated rings. The maximum atomic E-state index is 14.2. The Morgan fingerprint density at radius 2 is 0.988 bits per heavy atom. The van der Waals surface area contributed by atoms with Crippen molar-refractivity contribution in [2.45, 2.75) is 26.6 Å². The number of aromatic nitrogens is 19. The Kier molecular flexibility index (Phi) is 14.8. The fourth-order valence-corrected chi connectivity index (χ4v) is 8.58. The van der Waals surface area contributed by atoms with E-state index in [0.29, 0.717) is 102 Å². The first-order valence-corrected chi connectivity index (χ1v) is 25.3. The van der Waals surface area contributed by atoms with E-state index in [1.54, 1.807) is 125 Å². The van der Waals surface area contributed by atoms with Gasteiger partial charge in [0.15, 0.2) is 46.1 Å². The highest BCUT2D eigenvalue weighted by Crippen LogP contribution is 2.30. The lowest BCUT2D eigenvalue weighted by atomic mass is 10.2. The fourth-order valence-electron chi connectivity index (χ4n) is 8.58. The summed E-state index contributed by atoms with van der Waals surface area (Å²) in [6, 6.07) is 31.3. The Morgan fingerprint density at radius 1 is 0.541 bits per heavy atom. The Hall–Kier alpha value is -12.2. The van der Waals surface area contributed by atoms with Crippen LogP contribution < -0.4 is 5.32 Å². The number of nitriles is 1. The molecule has 0 saturated carbocycles. The van der Waals surface area contributed by atoms with Crippen LogP contribution in [0.3, 0.4) is 0 Å². The van der Waals surface area contributed by atoms with Gasteiger partial charge >= 0.3 is 0 Å². The molecule has 14 rings (SSSR count). The van der Waals surface area contributed by atoms with Gasteiger partial charge in [-0.15, -0.1) is 0 Å². The Bertz CT molecular complexity index is 4700. The number of hydrogen-bond acceptors (Lipinski definition) is 19. The Balaban J connectivity index is 0.000000126. The summed E-state index contributed by atoms with van der Waals surface area (Å²) in [5, 5.41) is 51.9. The minimum Gasteiger partial charge on any atom is -0.364 e. The van der Waals surface area contributed by atoms with Crippen LogP contribution in [0.5, 0.6) is 0 Å². The van der Waals surface area contributed by atoms with Crippen molar-refractivity contribution >= 4 is 33.8 Å². The van der Waals surface area contributed by atoms with Crippen LogP contribution in [0.2, 0.25) is 0 Å². The SMILES string of the molecule is CC(=O)Nc1n[nH]c2nc(-c3cc(-c4ccon4)n(Cc4ccccc4F)n3)ncc12.Fc1ccccc1Cn1nc(-c2ncc3cn[nH]c3n2)cc1-c1ccon1.N#Cc1nc(-c2cc(-c3ccon3)n(Cc3ccccc3F)n2)ncc1F. The van der Waals surface area contributed by atoms with E-state index >= 15 is 0 Å². The zero-order valence-electron chi connectivity index (χ0n) is 43.7. The van der Waals surface area contributed by atoms with Crippen molar-refractivity contribution in [2.75, 3.05) is 5.32 Å². The molecule has 418 valence electrons. The molecule has 3 aromatic carbocycles. The van der Waals surface area contributed by atoms with Crippen molar-refractivity contribution < 1.29 is 35.9 Å². The highest BCUT2D eigenvalue weighted by Gasteiger charge is 2.22. The number of aromatic amines is 2. The number of anilines is 1. The van der Waals surface area contributed by atoms with Gasteiger partial charge in [0, 0.05) is 54.2 Å². The van der Waals surface area contributed by atoms with Crippen molar-refractivity contribution in [3.63, 3.8) is 0 Å². The topological polar surface area (TPSA) is 319 Å². The van der Waals surface area contributed by atoms with E-state index in [1.165, 1.54) is 48.6 Å². The minimum absolute atomic E-state index is 0.0741. The summed E-state index contributed by atoms with van der Waals surface area (Å²) < 4.78 is 75.4. The molecule has 0 aliphatic carbocycles. The van der Waals surface area contributed by atoms with Gasteiger partial charge in [0.05, 0.1) is 59.9 Å². The second-order valence-electron chi connectivity index (χ2n) is 18.2. The first-order valence-electron chi connectivity index (χ1n) is 25.3. The Labute approximate surface area is 473 Å². The number of hydrogen-bond donors (Lipinski definition) is 3. The quantitative estimate of drug-likeness (QED) is 0.0905. The largest absolute Gasteiger partial charge is 0.364 e. The molecule has 0 aliphatic rings. The molecule has 11 aromatic heterocycles. The van der Waals surface area contributed by atoms with Gasteiger partial charge < -0.3 is 18.9 Å². The standard InChI is InChI=1S/C20H15FN8O2.C18H10F2N6O.C18H12FN7O/c1-11(30)23-18-13-9-22-20(24-19(13)26-25-18)16-8-17(15-6-7-31-28-15)29(27-16)10-12-4-2-3-5-14(12)21;19-12-4-2-1-3-11(12)10-26-17(14-5-6-27-25-14)7-15(24-26)18-22-9-13(20)16(8-21)23-18;19-13-4-2-1-3-11(13)10-26-16(14-5-6-27-25-14)7-15(24-26)18-20-8-12-9-21-23-17(12)22-18/h2-9H,10H2,1H3,(H2,22,23,24,25,26,30);1-7,9H,10H2;1-9H,10H2,(H,20,21,22,23). The first kappa shape index (κ1) is 53.4. The van der Waals surface area contributed by atoms with Crippen LogP contribution in [0.1, 0.15) is 29.3 Å². The number of benzene rings is 3. The second-order valence-corrected chi connectivity index (χ2v) is 18.2. The van der Waals surface area contributed by atoms with Gasteiger partial charge in [-0.25, -0.2) is 47.5 Å². The van der Waals surface area contributed by atoms with E-state index in [9.17, 15) is 22.4 Å². The predicted octanol–water partition coefficient (Wildman–Crippen LogP) is 9.27. The normalized spacial score (nSPS) is 11.1. The van der Waals surface area contributed by atoms with Crippen molar-refractivity contribution in [1.82, 2.24) is 95.1 Å². The average Bonchev–Trinajstić information content (AvgIpc) is 3.74. The van der Waals surface area contributed by atoms with E-state index in [0.717, 1.165) is 11.6 Å².